The molecule has 9 heteroatoms. The van der Waals surface area contributed by atoms with Crippen LogP contribution in [0.1, 0.15) is 33.3 Å². The first-order chi connectivity index (χ1) is 12.2. The van der Waals surface area contributed by atoms with Crippen molar-refractivity contribution in [3.05, 3.63) is 29.8 Å². The van der Waals surface area contributed by atoms with Gasteiger partial charge in [0.15, 0.2) is 0 Å². The van der Waals surface area contributed by atoms with Crippen molar-refractivity contribution in [1.82, 2.24) is 4.90 Å². The summed E-state index contributed by atoms with van der Waals surface area (Å²) in [5, 5.41) is 0. The van der Waals surface area contributed by atoms with Gasteiger partial charge in [0, 0.05) is 12.5 Å². The maximum atomic E-state index is 14.6. The molecular formula is C18H25F2NO5S. The summed E-state index contributed by atoms with van der Waals surface area (Å²) in [5.74, 6) is -4.46. The van der Waals surface area contributed by atoms with E-state index in [0.717, 1.165) is 10.5 Å². The van der Waals surface area contributed by atoms with Gasteiger partial charge in [0.1, 0.15) is 11.7 Å². The number of likely N-dealkylation sites (tertiary alicyclic amines) is 1. The Kier molecular flexibility index (Phi) is 5.87. The molecule has 1 heterocycles. The largest absolute Gasteiger partial charge is 0.444 e. The number of amides is 1. The maximum absolute atomic E-state index is 14.6. The van der Waals surface area contributed by atoms with Crippen molar-refractivity contribution >= 4 is 16.2 Å². The fourth-order valence-electron chi connectivity index (χ4n) is 2.80. The minimum atomic E-state index is -4.36. The lowest BCUT2D eigenvalue weighted by molar-refractivity contribution is -0.155. The van der Waals surface area contributed by atoms with Crippen LogP contribution in [0.5, 0.6) is 0 Å². The third-order valence-corrected chi connectivity index (χ3v) is 5.35. The number of benzene rings is 1. The van der Waals surface area contributed by atoms with Gasteiger partial charge < -0.3 is 9.64 Å². The van der Waals surface area contributed by atoms with Gasteiger partial charge in [0.25, 0.3) is 16.0 Å². The van der Waals surface area contributed by atoms with Gasteiger partial charge in [-0.1, -0.05) is 24.6 Å². The SMILES string of the molecule is Cc1ccc(S(=O)(=O)O[C@H]2[C@H](C)CN(C(=O)OC(C)(C)C)CC2(F)F)cc1. The fraction of sp³-hybridized carbons (Fsp3) is 0.611. The molecule has 1 aromatic rings. The van der Waals surface area contributed by atoms with Gasteiger partial charge in [-0.3, -0.25) is 4.18 Å². The van der Waals surface area contributed by atoms with Gasteiger partial charge in [0.05, 0.1) is 11.4 Å². The van der Waals surface area contributed by atoms with Crippen molar-refractivity contribution in [1.29, 1.82) is 0 Å². The molecule has 1 saturated heterocycles. The third kappa shape index (κ3) is 5.38. The number of ether oxygens (including phenoxy) is 1. The quantitative estimate of drug-likeness (QED) is 0.719. The second kappa shape index (κ2) is 7.35. The molecule has 6 nitrogen and oxygen atoms in total. The molecule has 0 unspecified atom stereocenters. The first-order valence-corrected chi connectivity index (χ1v) is 9.98. The summed E-state index contributed by atoms with van der Waals surface area (Å²) in [7, 11) is -4.36. The summed E-state index contributed by atoms with van der Waals surface area (Å²) in [4.78, 5) is 12.8. The summed E-state index contributed by atoms with van der Waals surface area (Å²) in [6.07, 6.45) is -2.74. The number of hydrogen-bond acceptors (Lipinski definition) is 5. The van der Waals surface area contributed by atoms with E-state index in [4.69, 9.17) is 8.92 Å². The Morgan fingerprint density at radius 1 is 1.22 bits per heavy atom. The average molecular weight is 405 g/mol. The number of halogens is 2. The molecule has 2 atom stereocenters. The lowest BCUT2D eigenvalue weighted by Gasteiger charge is -2.41. The van der Waals surface area contributed by atoms with Crippen molar-refractivity contribution < 1.29 is 30.9 Å². The van der Waals surface area contributed by atoms with Crippen molar-refractivity contribution in [3.63, 3.8) is 0 Å². The molecule has 0 saturated carbocycles. The minimum Gasteiger partial charge on any atom is -0.444 e. The van der Waals surface area contributed by atoms with Gasteiger partial charge in [0.2, 0.25) is 0 Å². The molecule has 0 N–H and O–H groups in total. The summed E-state index contributed by atoms with van der Waals surface area (Å²) in [6.45, 7) is 7.03. The number of carbonyl (C=O) groups is 1. The Morgan fingerprint density at radius 3 is 2.26 bits per heavy atom. The molecule has 1 aliphatic rings. The molecule has 1 amide bonds. The average Bonchev–Trinajstić information content (AvgIpc) is 2.49. The molecule has 2 rings (SSSR count). The van der Waals surface area contributed by atoms with Crippen LogP contribution < -0.4 is 0 Å². The summed E-state index contributed by atoms with van der Waals surface area (Å²) in [5.41, 5.74) is 0.0101. The van der Waals surface area contributed by atoms with E-state index >= 15 is 0 Å². The first-order valence-electron chi connectivity index (χ1n) is 8.57. The molecule has 0 spiro atoms. The van der Waals surface area contributed by atoms with Crippen molar-refractivity contribution in [2.75, 3.05) is 13.1 Å². The van der Waals surface area contributed by atoms with Gasteiger partial charge in [-0.05, 0) is 39.8 Å². The zero-order valence-electron chi connectivity index (χ0n) is 16.0. The van der Waals surface area contributed by atoms with E-state index in [1.165, 1.54) is 19.1 Å². The highest BCUT2D eigenvalue weighted by molar-refractivity contribution is 7.86. The number of alkyl halides is 2. The number of nitrogens with zero attached hydrogens (tertiary/aromatic N) is 1. The Hall–Kier alpha value is -1.74. The molecule has 152 valence electrons. The van der Waals surface area contributed by atoms with Crippen LogP contribution in [0.2, 0.25) is 0 Å². The van der Waals surface area contributed by atoms with Crippen LogP contribution in [0.3, 0.4) is 0 Å². The number of piperidine rings is 1. The van der Waals surface area contributed by atoms with E-state index < -0.39 is 46.3 Å². The van der Waals surface area contributed by atoms with E-state index in [1.807, 2.05) is 0 Å². The minimum absolute atomic E-state index is 0.0986. The Bertz CT molecular complexity index is 787. The van der Waals surface area contributed by atoms with Crippen LogP contribution in [0.15, 0.2) is 29.2 Å². The highest BCUT2D eigenvalue weighted by Gasteiger charge is 2.53. The first kappa shape index (κ1) is 21.6. The van der Waals surface area contributed by atoms with Gasteiger partial charge >= 0.3 is 6.09 Å². The zero-order valence-corrected chi connectivity index (χ0v) is 16.8. The predicted molar refractivity (Wildman–Crippen MR) is 95.2 cm³/mol. The highest BCUT2D eigenvalue weighted by Crippen LogP contribution is 2.36. The third-order valence-electron chi connectivity index (χ3n) is 4.03. The van der Waals surface area contributed by atoms with E-state index in [9.17, 15) is 22.0 Å². The van der Waals surface area contributed by atoms with E-state index in [-0.39, 0.29) is 11.4 Å². The van der Waals surface area contributed by atoms with Gasteiger partial charge in [-0.2, -0.15) is 8.42 Å². The standard InChI is InChI=1S/C18H25F2NO5S/c1-12-6-8-14(9-7-12)27(23,24)26-15-13(2)10-21(11-18(15,19)20)16(22)25-17(3,4)5/h6-9,13,15H,10-11H2,1-5H3/t13-,15+/m1/s1. The second-order valence-electron chi connectivity index (χ2n) is 7.88. The van der Waals surface area contributed by atoms with Gasteiger partial charge in [-0.15, -0.1) is 0 Å². The molecule has 0 aliphatic carbocycles. The predicted octanol–water partition coefficient (Wildman–Crippen LogP) is 3.59. The number of aryl methyl sites for hydroxylation is 1. The van der Waals surface area contributed by atoms with Gasteiger partial charge in [-0.25, -0.2) is 13.6 Å². The van der Waals surface area contributed by atoms with Crippen LogP contribution in [0, 0.1) is 12.8 Å². The lowest BCUT2D eigenvalue weighted by atomic mass is 9.94. The highest BCUT2D eigenvalue weighted by atomic mass is 32.2. The molecular weight excluding hydrogens is 380 g/mol. The smallest absolute Gasteiger partial charge is 0.410 e. The lowest BCUT2D eigenvalue weighted by Crippen LogP contribution is -2.59. The normalized spacial score (nSPS) is 23.1. The van der Waals surface area contributed by atoms with Crippen LogP contribution in [0.4, 0.5) is 13.6 Å². The molecule has 27 heavy (non-hydrogen) atoms. The number of rotatable bonds is 3. The summed E-state index contributed by atoms with van der Waals surface area (Å²) >= 11 is 0. The number of hydrogen-bond donors (Lipinski definition) is 0. The number of carbonyl (C=O) groups excluding carboxylic acids is 1. The molecule has 1 aromatic carbocycles. The molecule has 1 aliphatic heterocycles. The van der Waals surface area contributed by atoms with Crippen molar-refractivity contribution in [2.24, 2.45) is 5.92 Å². The molecule has 1 fully saturated rings. The van der Waals surface area contributed by atoms with E-state index in [0.29, 0.717) is 0 Å². The van der Waals surface area contributed by atoms with Crippen LogP contribution in [-0.4, -0.2) is 50.1 Å². The summed E-state index contributed by atoms with van der Waals surface area (Å²) in [6, 6.07) is 5.73. The zero-order chi connectivity index (χ0) is 20.6. The monoisotopic (exact) mass is 405 g/mol. The van der Waals surface area contributed by atoms with Crippen LogP contribution in [-0.2, 0) is 19.0 Å². The van der Waals surface area contributed by atoms with Crippen LogP contribution in [0.25, 0.3) is 0 Å². The van der Waals surface area contributed by atoms with Crippen molar-refractivity contribution in [3.8, 4) is 0 Å². The fourth-order valence-corrected chi connectivity index (χ4v) is 3.98. The molecule has 0 bridgehead atoms. The Labute approximate surface area is 158 Å². The molecule has 0 aromatic heterocycles. The van der Waals surface area contributed by atoms with Crippen LogP contribution >= 0.6 is 0 Å². The second-order valence-corrected chi connectivity index (χ2v) is 9.46. The summed E-state index contributed by atoms with van der Waals surface area (Å²) < 4.78 is 64.1. The maximum Gasteiger partial charge on any atom is 0.410 e. The Morgan fingerprint density at radius 2 is 1.78 bits per heavy atom. The van der Waals surface area contributed by atoms with E-state index in [2.05, 4.69) is 0 Å². The molecule has 0 radical (unpaired) electrons. The topological polar surface area (TPSA) is 72.9 Å². The van der Waals surface area contributed by atoms with Crippen molar-refractivity contribution in [2.45, 2.75) is 57.1 Å². The van der Waals surface area contributed by atoms with E-state index in [1.54, 1.807) is 39.8 Å². The Balaban J connectivity index is 2.17.